The Labute approximate surface area is 198 Å². The quantitative estimate of drug-likeness (QED) is 0.522. The van der Waals surface area contributed by atoms with Crippen molar-refractivity contribution in [3.05, 3.63) is 59.7 Å². The van der Waals surface area contributed by atoms with Crippen LogP contribution < -0.4 is 10.6 Å². The number of benzene rings is 2. The molecule has 1 fully saturated rings. The van der Waals surface area contributed by atoms with Gasteiger partial charge in [-0.2, -0.15) is 0 Å². The molecular formula is C26H30N2O6. The van der Waals surface area contributed by atoms with E-state index in [0.717, 1.165) is 28.7 Å². The van der Waals surface area contributed by atoms with Gasteiger partial charge in [0, 0.05) is 13.0 Å². The Balaban J connectivity index is 1.42. The van der Waals surface area contributed by atoms with Crippen LogP contribution in [0.1, 0.15) is 49.7 Å². The van der Waals surface area contributed by atoms with Crippen LogP contribution in [0.5, 0.6) is 0 Å². The smallest absolute Gasteiger partial charge is 0.407 e. The van der Waals surface area contributed by atoms with Crippen LogP contribution in [0.3, 0.4) is 0 Å². The van der Waals surface area contributed by atoms with E-state index in [-0.39, 0.29) is 18.9 Å². The number of hydrogen-bond donors (Lipinski definition) is 3. The minimum absolute atomic E-state index is 0.0981. The Morgan fingerprint density at radius 1 is 1.06 bits per heavy atom. The molecule has 0 bridgehead atoms. The molecule has 4 rings (SSSR count). The lowest BCUT2D eigenvalue weighted by Gasteiger charge is -2.42. The number of carbonyl (C=O) groups is 3. The number of nitrogens with one attached hydrogen (secondary N) is 2. The van der Waals surface area contributed by atoms with E-state index in [1.165, 1.54) is 7.11 Å². The molecule has 2 aromatic carbocycles. The molecular weight excluding hydrogens is 436 g/mol. The molecule has 1 saturated carbocycles. The summed E-state index contributed by atoms with van der Waals surface area (Å²) in [7, 11) is 1.45. The number of carboxylic acids is 1. The van der Waals surface area contributed by atoms with Crippen LogP contribution >= 0.6 is 0 Å². The predicted molar refractivity (Wildman–Crippen MR) is 125 cm³/mol. The summed E-state index contributed by atoms with van der Waals surface area (Å²) in [5.41, 5.74) is 3.66. The maximum absolute atomic E-state index is 13.0. The number of alkyl carbamates (subject to hydrolysis) is 1. The zero-order chi connectivity index (χ0) is 24.3. The number of carboxylic acid groups (broad SMARTS) is 1. The highest BCUT2D eigenvalue weighted by atomic mass is 16.5. The molecule has 0 aromatic heterocycles. The third kappa shape index (κ3) is 4.77. The van der Waals surface area contributed by atoms with Crippen LogP contribution in [0.2, 0.25) is 0 Å². The van der Waals surface area contributed by atoms with Gasteiger partial charge in [-0.1, -0.05) is 48.5 Å². The van der Waals surface area contributed by atoms with Crippen molar-refractivity contribution in [3.63, 3.8) is 0 Å². The summed E-state index contributed by atoms with van der Waals surface area (Å²) in [6.45, 7) is 1.79. The number of hydrogen-bond acceptors (Lipinski definition) is 5. The second kappa shape index (κ2) is 9.85. The van der Waals surface area contributed by atoms with E-state index < -0.39 is 35.7 Å². The first-order chi connectivity index (χ1) is 16.3. The fourth-order valence-electron chi connectivity index (χ4n) is 4.88. The Bertz CT molecular complexity index is 1030. The predicted octanol–water partition coefficient (Wildman–Crippen LogP) is 3.44. The average Bonchev–Trinajstić information content (AvgIpc) is 3.12. The lowest BCUT2D eigenvalue weighted by Crippen LogP contribution is -2.61. The molecule has 2 amide bonds. The Hall–Kier alpha value is -3.39. The number of ether oxygens (including phenoxy) is 2. The van der Waals surface area contributed by atoms with Crippen molar-refractivity contribution in [2.45, 2.75) is 56.2 Å². The third-order valence-corrected chi connectivity index (χ3v) is 6.93. The summed E-state index contributed by atoms with van der Waals surface area (Å²) in [5.74, 6) is -1.55. The van der Waals surface area contributed by atoms with Gasteiger partial charge < -0.3 is 25.2 Å². The highest BCUT2D eigenvalue weighted by molar-refractivity contribution is 5.87. The fraction of sp³-hybridized carbons (Fsp3) is 0.423. The van der Waals surface area contributed by atoms with E-state index >= 15 is 0 Å². The minimum atomic E-state index is -1.02. The normalized spacial score (nSPS) is 17.5. The highest BCUT2D eigenvalue weighted by Crippen LogP contribution is 2.44. The molecule has 0 unspecified atom stereocenters. The van der Waals surface area contributed by atoms with Gasteiger partial charge in [-0.15, -0.1) is 0 Å². The second-order valence-electron chi connectivity index (χ2n) is 9.08. The van der Waals surface area contributed by atoms with E-state index in [1.807, 2.05) is 36.4 Å². The molecule has 0 saturated heterocycles. The SMILES string of the molecule is CO[C@H](C)[C@H](NC(=O)OCC1c2ccccc2-c2ccccc21)C(=O)NC1(CC(=O)O)CCC1. The Morgan fingerprint density at radius 2 is 1.65 bits per heavy atom. The highest BCUT2D eigenvalue weighted by Gasteiger charge is 2.42. The average molecular weight is 467 g/mol. The summed E-state index contributed by atoms with van der Waals surface area (Å²) in [4.78, 5) is 37.0. The van der Waals surface area contributed by atoms with Crippen molar-refractivity contribution >= 4 is 18.0 Å². The van der Waals surface area contributed by atoms with Crippen molar-refractivity contribution in [2.24, 2.45) is 0 Å². The molecule has 3 N–H and O–H groups in total. The minimum Gasteiger partial charge on any atom is -0.481 e. The van der Waals surface area contributed by atoms with Crippen molar-refractivity contribution in [1.29, 1.82) is 0 Å². The number of rotatable bonds is 9. The molecule has 2 aromatic rings. The van der Waals surface area contributed by atoms with E-state index in [9.17, 15) is 19.5 Å². The lowest BCUT2D eigenvalue weighted by atomic mass is 9.74. The van der Waals surface area contributed by atoms with Gasteiger partial charge in [-0.25, -0.2) is 4.79 Å². The number of fused-ring (bicyclic) bond motifs is 3. The maximum Gasteiger partial charge on any atom is 0.407 e. The van der Waals surface area contributed by atoms with Gasteiger partial charge in [-0.05, 0) is 48.4 Å². The molecule has 0 aliphatic heterocycles. The van der Waals surface area contributed by atoms with Crippen LogP contribution in [0.15, 0.2) is 48.5 Å². The second-order valence-corrected chi connectivity index (χ2v) is 9.08. The largest absolute Gasteiger partial charge is 0.481 e. The topological polar surface area (TPSA) is 114 Å². The van der Waals surface area contributed by atoms with Crippen LogP contribution in [-0.4, -0.2) is 54.5 Å². The standard InChI is InChI=1S/C26H30N2O6/c1-16(33-2)23(24(31)28-26(12-7-13-26)14-22(29)30)27-25(32)34-15-21-19-10-5-3-8-17(19)18-9-4-6-11-20(18)21/h3-6,8-11,16,21,23H,7,12-15H2,1-2H3,(H,27,32)(H,28,31)(H,29,30)/t16-,23+/m1/s1. The zero-order valence-corrected chi connectivity index (χ0v) is 19.4. The molecule has 180 valence electrons. The monoisotopic (exact) mass is 466 g/mol. The van der Waals surface area contributed by atoms with Crippen molar-refractivity contribution in [2.75, 3.05) is 13.7 Å². The first-order valence-electron chi connectivity index (χ1n) is 11.5. The molecule has 2 aliphatic carbocycles. The number of aliphatic carboxylic acids is 1. The van der Waals surface area contributed by atoms with Gasteiger partial charge >= 0.3 is 12.1 Å². The molecule has 34 heavy (non-hydrogen) atoms. The summed E-state index contributed by atoms with van der Waals surface area (Å²) in [6.07, 6.45) is 0.498. The molecule has 2 atom stereocenters. The fourth-order valence-corrected chi connectivity index (χ4v) is 4.88. The number of carbonyl (C=O) groups excluding carboxylic acids is 2. The Morgan fingerprint density at radius 3 is 2.15 bits per heavy atom. The summed E-state index contributed by atoms with van der Waals surface area (Å²) in [6, 6.07) is 15.1. The van der Waals surface area contributed by atoms with Crippen molar-refractivity contribution in [1.82, 2.24) is 10.6 Å². The third-order valence-electron chi connectivity index (χ3n) is 6.93. The molecule has 0 radical (unpaired) electrons. The van der Waals surface area contributed by atoms with Crippen LogP contribution in [0, 0.1) is 0 Å². The lowest BCUT2D eigenvalue weighted by molar-refractivity contribution is -0.141. The summed E-state index contributed by atoms with van der Waals surface area (Å²) in [5, 5.41) is 14.7. The maximum atomic E-state index is 13.0. The molecule has 0 spiro atoms. The molecule has 2 aliphatic rings. The summed E-state index contributed by atoms with van der Waals surface area (Å²) < 4.78 is 10.9. The first kappa shape index (κ1) is 23.8. The van der Waals surface area contributed by atoms with Crippen molar-refractivity contribution in [3.8, 4) is 11.1 Å². The van der Waals surface area contributed by atoms with E-state index in [1.54, 1.807) is 6.92 Å². The Kier molecular flexibility index (Phi) is 6.88. The van der Waals surface area contributed by atoms with Crippen LogP contribution in [-0.2, 0) is 19.1 Å². The van der Waals surface area contributed by atoms with Gasteiger partial charge in [0.25, 0.3) is 0 Å². The first-order valence-corrected chi connectivity index (χ1v) is 11.5. The van der Waals surface area contributed by atoms with Gasteiger partial charge in [0.1, 0.15) is 12.6 Å². The van der Waals surface area contributed by atoms with Crippen molar-refractivity contribution < 1.29 is 29.0 Å². The molecule has 8 heteroatoms. The van der Waals surface area contributed by atoms with Gasteiger partial charge in [-0.3, -0.25) is 9.59 Å². The molecule has 8 nitrogen and oxygen atoms in total. The molecule has 0 heterocycles. The van der Waals surface area contributed by atoms with Gasteiger partial charge in [0.05, 0.1) is 18.1 Å². The van der Waals surface area contributed by atoms with E-state index in [0.29, 0.717) is 12.8 Å². The number of amides is 2. The van der Waals surface area contributed by atoms with Gasteiger partial charge in [0.15, 0.2) is 0 Å². The van der Waals surface area contributed by atoms with Crippen LogP contribution in [0.25, 0.3) is 11.1 Å². The van der Waals surface area contributed by atoms with E-state index in [2.05, 4.69) is 22.8 Å². The van der Waals surface area contributed by atoms with Gasteiger partial charge in [0.2, 0.25) is 5.91 Å². The number of methoxy groups -OCH3 is 1. The van der Waals surface area contributed by atoms with E-state index in [4.69, 9.17) is 9.47 Å². The zero-order valence-electron chi connectivity index (χ0n) is 19.4. The van der Waals surface area contributed by atoms with Crippen LogP contribution in [0.4, 0.5) is 4.79 Å². The summed E-state index contributed by atoms with van der Waals surface area (Å²) >= 11 is 0.